The summed E-state index contributed by atoms with van der Waals surface area (Å²) in [6, 6.07) is 12.1. The molecule has 2 amide bonds. The zero-order valence-corrected chi connectivity index (χ0v) is 19.4. The number of fused-ring (bicyclic) bond motifs is 2. The lowest BCUT2D eigenvalue weighted by atomic mass is 9.64. The lowest BCUT2D eigenvalue weighted by Gasteiger charge is -2.38. The summed E-state index contributed by atoms with van der Waals surface area (Å²) < 4.78 is 0. The van der Waals surface area contributed by atoms with Crippen LogP contribution in [0.3, 0.4) is 0 Å². The monoisotopic (exact) mass is 445 g/mol. The summed E-state index contributed by atoms with van der Waals surface area (Å²) in [5.74, 6) is 0.307. The molecule has 7 heteroatoms. The molecule has 2 aromatic carbocycles. The first-order valence-corrected chi connectivity index (χ1v) is 11.5. The number of rotatable bonds is 8. The van der Waals surface area contributed by atoms with Gasteiger partial charge in [0.05, 0.1) is 11.1 Å². The van der Waals surface area contributed by atoms with E-state index in [4.69, 9.17) is 10.8 Å². The Kier molecular flexibility index (Phi) is 6.42. The summed E-state index contributed by atoms with van der Waals surface area (Å²) in [5, 5.41) is 14.9. The predicted octanol–water partition coefficient (Wildman–Crippen LogP) is 3.80. The van der Waals surface area contributed by atoms with Crippen LogP contribution in [-0.4, -0.2) is 30.3 Å². The second-order valence-corrected chi connectivity index (χ2v) is 9.32. The molecule has 1 aliphatic carbocycles. The van der Waals surface area contributed by atoms with Gasteiger partial charge in [-0.3, -0.25) is 9.59 Å². The first kappa shape index (κ1) is 22.9. The van der Waals surface area contributed by atoms with E-state index in [9.17, 15) is 9.59 Å². The number of hydrogen-bond donors (Lipinski definition) is 3. The highest BCUT2D eigenvalue weighted by atomic mass is 16.1. The molecule has 1 atom stereocenters. The van der Waals surface area contributed by atoms with Crippen molar-refractivity contribution in [2.24, 2.45) is 21.9 Å². The van der Waals surface area contributed by atoms with E-state index in [2.05, 4.69) is 53.8 Å². The molecular weight excluding hydrogens is 414 g/mol. The Morgan fingerprint density at radius 2 is 1.48 bits per heavy atom. The van der Waals surface area contributed by atoms with Crippen molar-refractivity contribution in [2.75, 3.05) is 10.6 Å². The molecule has 4 rings (SSSR count). The van der Waals surface area contributed by atoms with Crippen molar-refractivity contribution in [1.82, 2.24) is 0 Å². The lowest BCUT2D eigenvalue weighted by Crippen LogP contribution is -2.43. The van der Waals surface area contributed by atoms with E-state index >= 15 is 0 Å². The van der Waals surface area contributed by atoms with Gasteiger partial charge in [-0.05, 0) is 78.6 Å². The second kappa shape index (κ2) is 9.27. The van der Waals surface area contributed by atoms with Crippen molar-refractivity contribution in [2.45, 2.75) is 57.9 Å². The Morgan fingerprint density at radius 1 is 0.939 bits per heavy atom. The maximum absolute atomic E-state index is 11.1. The van der Waals surface area contributed by atoms with Crippen LogP contribution in [0.1, 0.15) is 55.9 Å². The van der Waals surface area contributed by atoms with Gasteiger partial charge in [0.2, 0.25) is 12.8 Å². The minimum absolute atomic E-state index is 0.0878. The highest BCUT2D eigenvalue weighted by Crippen LogP contribution is 2.47. The molecule has 0 saturated carbocycles. The van der Waals surface area contributed by atoms with Gasteiger partial charge < -0.3 is 16.4 Å². The smallest absolute Gasteiger partial charge is 0.211 e. The van der Waals surface area contributed by atoms with Crippen LogP contribution in [0.2, 0.25) is 0 Å². The standard InChI is InChI=1S/C26H31N5O2/c1-16(2)24-12-25(31-30-24)26(13-17(3)27)22-8-6-20(28-14-32)10-18(22)4-5-19-11-21(29-15-33)7-9-23(19)26/h6-11,14-17H,4-5,12-13,27H2,1-3H3,(H,28,32)(H,29,33)/t17-/m1/s1. The van der Waals surface area contributed by atoms with Gasteiger partial charge in [-0.25, -0.2) is 0 Å². The number of nitrogens with zero attached hydrogens (tertiary/aromatic N) is 2. The van der Waals surface area contributed by atoms with Gasteiger partial charge >= 0.3 is 0 Å². The summed E-state index contributed by atoms with van der Waals surface area (Å²) in [6.07, 6.45) is 4.37. The third-order valence-corrected chi connectivity index (χ3v) is 6.68. The first-order chi connectivity index (χ1) is 15.9. The van der Waals surface area contributed by atoms with Gasteiger partial charge in [0, 0.05) is 29.5 Å². The fourth-order valence-corrected chi connectivity index (χ4v) is 5.22. The van der Waals surface area contributed by atoms with Gasteiger partial charge in [0.25, 0.3) is 0 Å². The van der Waals surface area contributed by atoms with Gasteiger partial charge in [-0.15, -0.1) is 0 Å². The van der Waals surface area contributed by atoms with Gasteiger partial charge in [0.15, 0.2) is 0 Å². The molecule has 0 bridgehead atoms. The van der Waals surface area contributed by atoms with Crippen LogP contribution < -0.4 is 16.4 Å². The van der Waals surface area contributed by atoms with E-state index in [0.717, 1.165) is 57.9 Å². The number of anilines is 2. The maximum atomic E-state index is 11.1. The predicted molar refractivity (Wildman–Crippen MR) is 133 cm³/mol. The van der Waals surface area contributed by atoms with Gasteiger partial charge in [0.1, 0.15) is 0 Å². The summed E-state index contributed by atoms with van der Waals surface area (Å²) in [7, 11) is 0. The van der Waals surface area contributed by atoms with Crippen LogP contribution >= 0.6 is 0 Å². The summed E-state index contributed by atoms with van der Waals surface area (Å²) in [6.45, 7) is 6.30. The molecule has 1 heterocycles. The SMILES string of the molecule is CC(C)C1=NN=C(C2(C[C@@H](C)N)c3ccc(NC=O)cc3CCc3cc(NC=O)ccc32)C1. The van der Waals surface area contributed by atoms with Crippen molar-refractivity contribution in [3.05, 3.63) is 58.7 Å². The minimum Gasteiger partial charge on any atom is -0.329 e. The average molecular weight is 446 g/mol. The van der Waals surface area contributed by atoms with E-state index in [-0.39, 0.29) is 6.04 Å². The molecular formula is C26H31N5O2. The highest BCUT2D eigenvalue weighted by molar-refractivity contribution is 6.14. The van der Waals surface area contributed by atoms with Crippen molar-refractivity contribution in [3.8, 4) is 0 Å². The molecule has 0 saturated heterocycles. The largest absolute Gasteiger partial charge is 0.329 e. The maximum Gasteiger partial charge on any atom is 0.211 e. The molecule has 0 spiro atoms. The Hall–Kier alpha value is -3.32. The van der Waals surface area contributed by atoms with Crippen LogP contribution in [0.4, 0.5) is 11.4 Å². The molecule has 0 fully saturated rings. The number of nitrogens with two attached hydrogens (primary N) is 1. The van der Waals surface area contributed by atoms with Crippen LogP contribution in [-0.2, 0) is 27.8 Å². The van der Waals surface area contributed by atoms with Crippen LogP contribution in [0.15, 0.2) is 46.6 Å². The normalized spacial score (nSPS) is 17.2. The molecule has 4 N–H and O–H groups in total. The Morgan fingerprint density at radius 3 is 1.91 bits per heavy atom. The summed E-state index contributed by atoms with van der Waals surface area (Å²) >= 11 is 0. The zero-order chi connectivity index (χ0) is 23.6. The fraction of sp³-hybridized carbons (Fsp3) is 0.385. The molecule has 2 aromatic rings. The number of hydrogen-bond acceptors (Lipinski definition) is 5. The number of aryl methyl sites for hydroxylation is 2. The number of amides is 2. The second-order valence-electron chi connectivity index (χ2n) is 9.32. The topological polar surface area (TPSA) is 109 Å². The molecule has 0 radical (unpaired) electrons. The Labute approximate surface area is 194 Å². The number of benzene rings is 2. The fourth-order valence-electron chi connectivity index (χ4n) is 5.22. The zero-order valence-electron chi connectivity index (χ0n) is 19.4. The van der Waals surface area contributed by atoms with Crippen LogP contribution in [0.5, 0.6) is 0 Å². The third-order valence-electron chi connectivity index (χ3n) is 6.68. The Balaban J connectivity index is 1.97. The van der Waals surface area contributed by atoms with Gasteiger partial charge in [-0.1, -0.05) is 26.0 Å². The number of nitrogens with one attached hydrogen (secondary N) is 2. The molecule has 2 aliphatic rings. The molecule has 33 heavy (non-hydrogen) atoms. The van der Waals surface area contributed by atoms with E-state index in [1.807, 2.05) is 19.1 Å². The average Bonchev–Trinajstić information content (AvgIpc) is 3.24. The van der Waals surface area contributed by atoms with Crippen LogP contribution in [0.25, 0.3) is 0 Å². The molecule has 0 unspecified atom stereocenters. The highest BCUT2D eigenvalue weighted by Gasteiger charge is 2.46. The van der Waals surface area contributed by atoms with E-state index in [1.54, 1.807) is 0 Å². The first-order valence-electron chi connectivity index (χ1n) is 11.5. The van der Waals surface area contributed by atoms with Gasteiger partial charge in [-0.2, -0.15) is 10.2 Å². The molecule has 0 aromatic heterocycles. The lowest BCUT2D eigenvalue weighted by molar-refractivity contribution is -0.106. The molecule has 7 nitrogen and oxygen atoms in total. The van der Waals surface area contributed by atoms with Crippen LogP contribution in [0, 0.1) is 5.92 Å². The van der Waals surface area contributed by atoms with Crippen molar-refractivity contribution >= 4 is 35.6 Å². The van der Waals surface area contributed by atoms with Crippen molar-refractivity contribution in [1.29, 1.82) is 0 Å². The molecule has 172 valence electrons. The minimum atomic E-state index is -0.547. The quantitative estimate of drug-likeness (QED) is 0.538. The Bertz CT molecular complexity index is 1070. The van der Waals surface area contributed by atoms with Crippen molar-refractivity contribution in [3.63, 3.8) is 0 Å². The van der Waals surface area contributed by atoms with E-state index in [1.165, 1.54) is 0 Å². The van der Waals surface area contributed by atoms with E-state index in [0.29, 0.717) is 31.6 Å². The van der Waals surface area contributed by atoms with E-state index < -0.39 is 5.41 Å². The molecule has 1 aliphatic heterocycles. The third kappa shape index (κ3) is 4.20. The summed E-state index contributed by atoms with van der Waals surface area (Å²) in [5.41, 5.74) is 14.2. The summed E-state index contributed by atoms with van der Waals surface area (Å²) in [4.78, 5) is 22.1. The number of carbonyl (C=O) groups is 2. The van der Waals surface area contributed by atoms with Crippen molar-refractivity contribution < 1.29 is 9.59 Å². The number of carbonyl (C=O) groups excluding carboxylic acids is 2.